The number of fused-ring (bicyclic) bond motifs is 1. The minimum absolute atomic E-state index is 0.462. The van der Waals surface area contributed by atoms with E-state index in [1.165, 1.54) is 16.6 Å². The Balaban J connectivity index is 2.61. The minimum atomic E-state index is 0.462. The van der Waals surface area contributed by atoms with Gasteiger partial charge in [-0.2, -0.15) is 0 Å². The third-order valence-corrected chi connectivity index (χ3v) is 3.11. The van der Waals surface area contributed by atoms with Gasteiger partial charge in [0.2, 0.25) is 0 Å². The molecule has 1 aromatic heterocycles. The number of aromatic nitrogens is 1. The molecular weight excluding hydrogens is 232 g/mol. The molecule has 1 aromatic carbocycles. The molecule has 1 heterocycles. The predicted molar refractivity (Wildman–Crippen MR) is 74.7 cm³/mol. The monoisotopic (exact) mass is 250 g/mol. The van der Waals surface area contributed by atoms with Gasteiger partial charge in [-0.05, 0) is 52.2 Å². The summed E-state index contributed by atoms with van der Waals surface area (Å²) in [5.41, 5.74) is 2.60. The molecule has 0 radical (unpaired) electrons. The maximum Gasteiger partial charge on any atom is 0.0486 e. The summed E-state index contributed by atoms with van der Waals surface area (Å²) in [5, 5.41) is 2.03. The average Bonchev–Trinajstić information content (AvgIpc) is 2.53. The van der Waals surface area contributed by atoms with Crippen LogP contribution in [0.3, 0.4) is 0 Å². The summed E-state index contributed by atoms with van der Waals surface area (Å²) in [5.74, 6) is 0. The number of halogens is 1. The van der Waals surface area contributed by atoms with Gasteiger partial charge in [-0.1, -0.05) is 11.6 Å². The van der Waals surface area contributed by atoms with E-state index in [-0.39, 0.29) is 0 Å². The molecule has 3 heteroatoms. The van der Waals surface area contributed by atoms with Gasteiger partial charge in [0, 0.05) is 34.2 Å². The Morgan fingerprint density at radius 3 is 2.53 bits per heavy atom. The molecule has 2 aromatic rings. The molecule has 2 nitrogen and oxygen atoms in total. The quantitative estimate of drug-likeness (QED) is 0.801. The lowest BCUT2D eigenvalue weighted by Gasteiger charge is -2.17. The van der Waals surface area contributed by atoms with Crippen LogP contribution in [-0.2, 0) is 6.54 Å². The van der Waals surface area contributed by atoms with Crippen LogP contribution in [0.2, 0.25) is 5.02 Å². The van der Waals surface area contributed by atoms with Crippen LogP contribution in [0.25, 0.3) is 10.9 Å². The first-order valence-corrected chi connectivity index (χ1v) is 6.31. The topological polar surface area (TPSA) is 8.17 Å². The van der Waals surface area contributed by atoms with E-state index in [0.29, 0.717) is 6.04 Å². The lowest BCUT2D eigenvalue weighted by atomic mass is 10.2. The molecule has 0 fully saturated rings. The molecule has 0 spiro atoms. The van der Waals surface area contributed by atoms with Gasteiger partial charge in [-0.3, -0.25) is 0 Å². The lowest BCUT2D eigenvalue weighted by molar-refractivity contribution is 0.384. The molecule has 0 saturated heterocycles. The number of hydrogen-bond acceptors (Lipinski definition) is 1. The van der Waals surface area contributed by atoms with Crippen LogP contribution in [0.15, 0.2) is 24.3 Å². The van der Waals surface area contributed by atoms with Crippen LogP contribution in [0.5, 0.6) is 0 Å². The highest BCUT2D eigenvalue weighted by atomic mass is 35.5. The molecule has 0 aliphatic heterocycles. The largest absolute Gasteiger partial charge is 0.341 e. The molecule has 17 heavy (non-hydrogen) atoms. The van der Waals surface area contributed by atoms with E-state index < -0.39 is 0 Å². The third kappa shape index (κ3) is 2.48. The van der Waals surface area contributed by atoms with E-state index in [4.69, 9.17) is 11.6 Å². The van der Waals surface area contributed by atoms with Crippen molar-refractivity contribution in [2.24, 2.45) is 0 Å². The van der Waals surface area contributed by atoms with E-state index in [1.807, 2.05) is 12.1 Å². The maximum absolute atomic E-state index is 6.05. The molecule has 2 rings (SSSR count). The van der Waals surface area contributed by atoms with Crippen LogP contribution in [0.1, 0.15) is 25.6 Å². The SMILES string of the molecule is CC(C)n1c(CN(C)C)cc2cc(Cl)ccc21. The minimum Gasteiger partial charge on any atom is -0.341 e. The van der Waals surface area contributed by atoms with E-state index in [0.717, 1.165) is 11.6 Å². The third-order valence-electron chi connectivity index (χ3n) is 2.88. The summed E-state index contributed by atoms with van der Waals surface area (Å²) < 4.78 is 2.38. The molecule has 0 unspecified atom stereocenters. The van der Waals surface area contributed by atoms with Gasteiger partial charge in [-0.15, -0.1) is 0 Å². The van der Waals surface area contributed by atoms with E-state index in [1.54, 1.807) is 0 Å². The molecule has 0 aliphatic rings. The van der Waals surface area contributed by atoms with Crippen molar-refractivity contribution in [3.8, 4) is 0 Å². The Kier molecular flexibility index (Phi) is 3.45. The fourth-order valence-electron chi connectivity index (χ4n) is 2.32. The number of nitrogens with zero attached hydrogens (tertiary/aromatic N) is 2. The van der Waals surface area contributed by atoms with Crippen LogP contribution in [0.4, 0.5) is 0 Å². The van der Waals surface area contributed by atoms with Crippen molar-refractivity contribution in [3.05, 3.63) is 35.0 Å². The van der Waals surface area contributed by atoms with Crippen molar-refractivity contribution in [1.82, 2.24) is 9.47 Å². The Hall–Kier alpha value is -0.990. The average molecular weight is 251 g/mol. The Labute approximate surface area is 108 Å². The standard InChI is InChI=1S/C14H19ClN2/c1-10(2)17-13(9-16(3)4)8-11-7-12(15)5-6-14(11)17/h5-8,10H,9H2,1-4H3. The second kappa shape index (κ2) is 4.71. The fraction of sp³-hybridized carbons (Fsp3) is 0.429. The van der Waals surface area contributed by atoms with Gasteiger partial charge in [-0.25, -0.2) is 0 Å². The van der Waals surface area contributed by atoms with E-state index in [2.05, 4.69) is 49.5 Å². The second-order valence-corrected chi connectivity index (χ2v) is 5.48. The highest BCUT2D eigenvalue weighted by Crippen LogP contribution is 2.27. The Morgan fingerprint density at radius 2 is 1.94 bits per heavy atom. The van der Waals surface area contributed by atoms with Crippen LogP contribution in [-0.4, -0.2) is 23.6 Å². The second-order valence-electron chi connectivity index (χ2n) is 5.04. The van der Waals surface area contributed by atoms with E-state index >= 15 is 0 Å². The molecule has 92 valence electrons. The zero-order valence-corrected chi connectivity index (χ0v) is 11.6. The van der Waals surface area contributed by atoms with Crippen molar-refractivity contribution in [1.29, 1.82) is 0 Å². The predicted octanol–water partition coefficient (Wildman–Crippen LogP) is 3.94. The number of hydrogen-bond donors (Lipinski definition) is 0. The summed E-state index contributed by atoms with van der Waals surface area (Å²) in [6, 6.07) is 8.80. The summed E-state index contributed by atoms with van der Waals surface area (Å²) in [6.07, 6.45) is 0. The first-order chi connectivity index (χ1) is 7.99. The molecule has 0 bridgehead atoms. The molecule has 0 aliphatic carbocycles. The Morgan fingerprint density at radius 1 is 1.24 bits per heavy atom. The van der Waals surface area contributed by atoms with Gasteiger partial charge in [0.15, 0.2) is 0 Å². The number of rotatable bonds is 3. The normalized spacial score (nSPS) is 11.9. The van der Waals surface area contributed by atoms with Crippen molar-refractivity contribution >= 4 is 22.5 Å². The van der Waals surface area contributed by atoms with Gasteiger partial charge < -0.3 is 9.47 Å². The highest BCUT2D eigenvalue weighted by Gasteiger charge is 2.12. The molecule has 0 N–H and O–H groups in total. The molecule has 0 saturated carbocycles. The zero-order valence-electron chi connectivity index (χ0n) is 10.9. The van der Waals surface area contributed by atoms with Crippen molar-refractivity contribution < 1.29 is 0 Å². The van der Waals surface area contributed by atoms with Crippen LogP contribution >= 0.6 is 11.6 Å². The summed E-state index contributed by atoms with van der Waals surface area (Å²) in [4.78, 5) is 2.19. The highest BCUT2D eigenvalue weighted by molar-refractivity contribution is 6.31. The van der Waals surface area contributed by atoms with Crippen molar-refractivity contribution in [3.63, 3.8) is 0 Å². The van der Waals surface area contributed by atoms with Gasteiger partial charge in [0.05, 0.1) is 0 Å². The molecular formula is C14H19ClN2. The lowest BCUT2D eigenvalue weighted by Crippen LogP contribution is -2.15. The zero-order chi connectivity index (χ0) is 12.6. The summed E-state index contributed by atoms with van der Waals surface area (Å²) in [7, 11) is 4.19. The smallest absolute Gasteiger partial charge is 0.0486 e. The molecule has 0 amide bonds. The summed E-state index contributed by atoms with van der Waals surface area (Å²) >= 11 is 6.05. The maximum atomic E-state index is 6.05. The molecule has 0 atom stereocenters. The number of benzene rings is 1. The summed E-state index contributed by atoms with van der Waals surface area (Å²) in [6.45, 7) is 5.38. The van der Waals surface area contributed by atoms with Gasteiger partial charge in [0.25, 0.3) is 0 Å². The fourth-order valence-corrected chi connectivity index (χ4v) is 2.50. The van der Waals surface area contributed by atoms with Crippen molar-refractivity contribution in [2.45, 2.75) is 26.4 Å². The van der Waals surface area contributed by atoms with Crippen LogP contribution in [0, 0.1) is 0 Å². The first kappa shape index (κ1) is 12.5. The van der Waals surface area contributed by atoms with E-state index in [9.17, 15) is 0 Å². The van der Waals surface area contributed by atoms with Crippen molar-refractivity contribution in [2.75, 3.05) is 14.1 Å². The Bertz CT molecular complexity index is 526. The first-order valence-electron chi connectivity index (χ1n) is 5.93. The van der Waals surface area contributed by atoms with Crippen LogP contribution < -0.4 is 0 Å². The van der Waals surface area contributed by atoms with Gasteiger partial charge in [0.1, 0.15) is 0 Å². The van der Waals surface area contributed by atoms with Gasteiger partial charge >= 0.3 is 0 Å².